The predicted octanol–water partition coefficient (Wildman–Crippen LogP) is 1.93. The molecule has 4 N–H and O–H groups in total. The Morgan fingerprint density at radius 2 is 2.14 bits per heavy atom. The van der Waals surface area contributed by atoms with Crippen molar-refractivity contribution in [2.24, 2.45) is 5.73 Å². The number of halogens is 1. The van der Waals surface area contributed by atoms with E-state index in [9.17, 15) is 0 Å². The number of rotatable bonds is 1. The predicted molar refractivity (Wildman–Crippen MR) is 59.1 cm³/mol. The first-order valence-corrected chi connectivity index (χ1v) is 4.63. The van der Waals surface area contributed by atoms with Gasteiger partial charge in [0.2, 0.25) is 0 Å². The molecule has 3 nitrogen and oxygen atoms in total. The van der Waals surface area contributed by atoms with E-state index in [1.54, 1.807) is 6.20 Å². The summed E-state index contributed by atoms with van der Waals surface area (Å²) in [6.07, 6.45) is 1.66. The number of nitrogens with zero attached hydrogens (tertiary/aromatic N) is 1. The molecule has 0 saturated carbocycles. The Labute approximate surface area is 86.7 Å². The molecule has 0 saturated heterocycles. The monoisotopic (exact) mass is 207 g/mol. The van der Waals surface area contributed by atoms with Crippen LogP contribution in [0.3, 0.4) is 0 Å². The van der Waals surface area contributed by atoms with Crippen molar-refractivity contribution in [3.8, 4) is 0 Å². The minimum Gasteiger partial charge on any atom is -0.383 e. The number of benzene rings is 1. The molecule has 0 radical (unpaired) electrons. The number of pyridine rings is 1. The van der Waals surface area contributed by atoms with Crippen LogP contribution < -0.4 is 11.5 Å². The van der Waals surface area contributed by atoms with Gasteiger partial charge in [-0.2, -0.15) is 0 Å². The maximum Gasteiger partial charge on any atom is 0.131 e. The maximum absolute atomic E-state index is 6.01. The highest BCUT2D eigenvalue weighted by Gasteiger charge is 2.04. The van der Waals surface area contributed by atoms with Crippen LogP contribution >= 0.6 is 11.6 Å². The van der Waals surface area contributed by atoms with E-state index in [1.807, 2.05) is 18.2 Å². The Morgan fingerprint density at radius 1 is 1.36 bits per heavy atom. The molecule has 0 spiro atoms. The fourth-order valence-electron chi connectivity index (χ4n) is 1.42. The number of hydrogen-bond acceptors (Lipinski definition) is 3. The van der Waals surface area contributed by atoms with E-state index in [2.05, 4.69) is 4.98 Å². The molecule has 0 unspecified atom stereocenters. The molecule has 14 heavy (non-hydrogen) atoms. The Bertz CT molecular complexity index is 482. The summed E-state index contributed by atoms with van der Waals surface area (Å²) in [5.41, 5.74) is 12.2. The van der Waals surface area contributed by atoms with E-state index in [0.717, 1.165) is 16.3 Å². The van der Waals surface area contributed by atoms with Crippen molar-refractivity contribution in [1.29, 1.82) is 0 Å². The van der Waals surface area contributed by atoms with Gasteiger partial charge in [-0.05, 0) is 29.1 Å². The summed E-state index contributed by atoms with van der Waals surface area (Å²) in [7, 11) is 0. The average molecular weight is 208 g/mol. The Morgan fingerprint density at radius 3 is 2.86 bits per heavy atom. The van der Waals surface area contributed by atoms with Crippen molar-refractivity contribution in [3.63, 3.8) is 0 Å². The fraction of sp³-hybridized carbons (Fsp3) is 0.100. The lowest BCUT2D eigenvalue weighted by Gasteiger charge is -2.05. The molecular weight excluding hydrogens is 198 g/mol. The van der Waals surface area contributed by atoms with Gasteiger partial charge in [-0.3, -0.25) is 0 Å². The van der Waals surface area contributed by atoms with Crippen LogP contribution in [-0.4, -0.2) is 4.98 Å². The molecule has 2 aromatic rings. The quantitative estimate of drug-likeness (QED) is 0.751. The first-order valence-electron chi connectivity index (χ1n) is 4.25. The first-order chi connectivity index (χ1) is 6.72. The molecule has 4 heteroatoms. The van der Waals surface area contributed by atoms with Gasteiger partial charge in [0.25, 0.3) is 0 Å². The van der Waals surface area contributed by atoms with Gasteiger partial charge in [-0.15, -0.1) is 0 Å². The third-order valence-electron chi connectivity index (χ3n) is 2.18. The molecule has 0 aliphatic heterocycles. The number of aromatic nitrogens is 1. The van der Waals surface area contributed by atoms with E-state index in [0.29, 0.717) is 17.4 Å². The molecule has 1 aromatic carbocycles. The van der Waals surface area contributed by atoms with Crippen molar-refractivity contribution in [1.82, 2.24) is 4.98 Å². The van der Waals surface area contributed by atoms with Crippen LogP contribution in [0.4, 0.5) is 5.82 Å². The Kier molecular flexibility index (Phi) is 2.27. The molecule has 0 aliphatic rings. The molecule has 0 aliphatic carbocycles. The molecule has 1 aromatic heterocycles. The number of anilines is 1. The largest absolute Gasteiger partial charge is 0.383 e. The van der Waals surface area contributed by atoms with Crippen LogP contribution in [0.15, 0.2) is 24.4 Å². The van der Waals surface area contributed by atoms with Gasteiger partial charge in [0.1, 0.15) is 5.82 Å². The number of fused-ring (bicyclic) bond motifs is 1. The molecule has 0 amide bonds. The summed E-state index contributed by atoms with van der Waals surface area (Å²) in [6.45, 7) is 0.406. The smallest absolute Gasteiger partial charge is 0.131 e. The minimum atomic E-state index is 0.406. The Hall–Kier alpha value is -1.32. The Balaban J connectivity index is 2.80. The van der Waals surface area contributed by atoms with Gasteiger partial charge in [0, 0.05) is 23.2 Å². The summed E-state index contributed by atoms with van der Waals surface area (Å²) < 4.78 is 0. The van der Waals surface area contributed by atoms with E-state index in [1.165, 1.54) is 0 Å². The van der Waals surface area contributed by atoms with Crippen LogP contribution in [0.5, 0.6) is 0 Å². The zero-order chi connectivity index (χ0) is 10.1. The van der Waals surface area contributed by atoms with Gasteiger partial charge in [0.15, 0.2) is 0 Å². The van der Waals surface area contributed by atoms with Gasteiger partial charge in [0.05, 0.1) is 0 Å². The topological polar surface area (TPSA) is 64.9 Å². The van der Waals surface area contributed by atoms with Crippen LogP contribution in [0.25, 0.3) is 10.8 Å². The van der Waals surface area contributed by atoms with E-state index >= 15 is 0 Å². The molecule has 1 heterocycles. The van der Waals surface area contributed by atoms with Crippen LogP contribution in [0.2, 0.25) is 5.02 Å². The summed E-state index contributed by atoms with van der Waals surface area (Å²) in [5.74, 6) is 0.508. The zero-order valence-corrected chi connectivity index (χ0v) is 8.25. The molecule has 0 bridgehead atoms. The van der Waals surface area contributed by atoms with Crippen molar-refractivity contribution >= 4 is 28.2 Å². The maximum atomic E-state index is 6.01. The highest BCUT2D eigenvalue weighted by Crippen LogP contribution is 2.26. The molecule has 72 valence electrons. The number of hydrogen-bond donors (Lipinski definition) is 2. The number of nitrogens with two attached hydrogens (primary N) is 2. The highest BCUT2D eigenvalue weighted by molar-refractivity contribution is 6.32. The van der Waals surface area contributed by atoms with Crippen molar-refractivity contribution < 1.29 is 0 Å². The van der Waals surface area contributed by atoms with Gasteiger partial charge in [-0.25, -0.2) is 4.98 Å². The third kappa shape index (κ3) is 1.41. The summed E-state index contributed by atoms with van der Waals surface area (Å²) in [4.78, 5) is 4.01. The first kappa shape index (κ1) is 9.24. The van der Waals surface area contributed by atoms with Crippen molar-refractivity contribution in [3.05, 3.63) is 35.0 Å². The normalized spacial score (nSPS) is 10.7. The SMILES string of the molecule is NCc1cc2c(N)nccc2cc1Cl. The zero-order valence-electron chi connectivity index (χ0n) is 7.50. The second-order valence-corrected chi connectivity index (χ2v) is 3.47. The van der Waals surface area contributed by atoms with Crippen molar-refractivity contribution in [2.45, 2.75) is 6.54 Å². The molecule has 0 fully saturated rings. The lowest BCUT2D eigenvalue weighted by atomic mass is 10.1. The van der Waals surface area contributed by atoms with Crippen LogP contribution in [0.1, 0.15) is 5.56 Å². The minimum absolute atomic E-state index is 0.406. The fourth-order valence-corrected chi connectivity index (χ4v) is 1.67. The molecular formula is C10H10ClN3. The summed E-state index contributed by atoms with van der Waals surface area (Å²) in [6, 6.07) is 5.62. The summed E-state index contributed by atoms with van der Waals surface area (Å²) in [5, 5.41) is 2.56. The lowest BCUT2D eigenvalue weighted by Crippen LogP contribution is -1.98. The van der Waals surface area contributed by atoms with Crippen molar-refractivity contribution in [2.75, 3.05) is 5.73 Å². The molecule has 2 rings (SSSR count). The van der Waals surface area contributed by atoms with Crippen LogP contribution in [-0.2, 0) is 6.54 Å². The third-order valence-corrected chi connectivity index (χ3v) is 2.53. The van der Waals surface area contributed by atoms with Crippen LogP contribution in [0, 0.1) is 0 Å². The molecule has 0 atom stereocenters. The number of nitrogen functional groups attached to an aromatic ring is 1. The lowest BCUT2D eigenvalue weighted by molar-refractivity contribution is 1.08. The average Bonchev–Trinajstić information content (AvgIpc) is 2.17. The van der Waals surface area contributed by atoms with Gasteiger partial charge in [-0.1, -0.05) is 11.6 Å². The van der Waals surface area contributed by atoms with Gasteiger partial charge >= 0.3 is 0 Å². The van der Waals surface area contributed by atoms with E-state index in [4.69, 9.17) is 23.1 Å². The standard InChI is InChI=1S/C10H10ClN3/c11-9-4-6-1-2-14-10(13)8(6)3-7(9)5-12/h1-4H,5,12H2,(H2,13,14). The second kappa shape index (κ2) is 3.44. The van der Waals surface area contributed by atoms with Gasteiger partial charge < -0.3 is 11.5 Å². The van der Waals surface area contributed by atoms with E-state index in [-0.39, 0.29) is 0 Å². The van der Waals surface area contributed by atoms with E-state index < -0.39 is 0 Å². The summed E-state index contributed by atoms with van der Waals surface area (Å²) >= 11 is 6.01. The highest BCUT2D eigenvalue weighted by atomic mass is 35.5. The second-order valence-electron chi connectivity index (χ2n) is 3.07.